The Bertz CT molecular complexity index is 990. The van der Waals surface area contributed by atoms with E-state index >= 15 is 0 Å². The lowest BCUT2D eigenvalue weighted by Crippen LogP contribution is -2.14. The van der Waals surface area contributed by atoms with E-state index in [-0.39, 0.29) is 12.3 Å². The van der Waals surface area contributed by atoms with Gasteiger partial charge in [-0.25, -0.2) is 4.98 Å². The summed E-state index contributed by atoms with van der Waals surface area (Å²) in [6.07, 6.45) is 0.163. The van der Waals surface area contributed by atoms with E-state index in [4.69, 9.17) is 25.8 Å². The van der Waals surface area contributed by atoms with Crippen LogP contribution in [-0.4, -0.2) is 32.2 Å². The Hall–Kier alpha value is -2.77. The summed E-state index contributed by atoms with van der Waals surface area (Å²) in [7, 11) is 4.70. The van der Waals surface area contributed by atoms with Gasteiger partial charge in [0.15, 0.2) is 5.13 Å². The molecule has 0 aliphatic heterocycles. The molecule has 1 N–H and O–H groups in total. The SMILES string of the molecule is COc1ccc(CC(=O)Nc2nc(-c3ccc(OC)c(Cl)c3)cs2)c(OC)c1. The molecule has 0 spiro atoms. The van der Waals surface area contributed by atoms with Gasteiger partial charge in [-0.2, -0.15) is 0 Å². The summed E-state index contributed by atoms with van der Waals surface area (Å²) in [6.45, 7) is 0. The van der Waals surface area contributed by atoms with E-state index in [0.29, 0.717) is 27.4 Å². The fraction of sp³-hybridized carbons (Fsp3) is 0.200. The quantitative estimate of drug-likeness (QED) is 0.603. The number of nitrogens with one attached hydrogen (secondary N) is 1. The van der Waals surface area contributed by atoms with Gasteiger partial charge in [0.2, 0.25) is 5.91 Å². The molecule has 146 valence electrons. The third-order valence-corrected chi connectivity index (χ3v) is 5.10. The fourth-order valence-electron chi connectivity index (χ4n) is 2.62. The molecular weight excluding hydrogens is 400 g/mol. The van der Waals surface area contributed by atoms with Crippen molar-refractivity contribution in [2.45, 2.75) is 6.42 Å². The first-order valence-corrected chi connectivity index (χ1v) is 9.60. The van der Waals surface area contributed by atoms with Crippen LogP contribution in [0.4, 0.5) is 5.13 Å². The van der Waals surface area contributed by atoms with Crippen molar-refractivity contribution in [3.8, 4) is 28.5 Å². The summed E-state index contributed by atoms with van der Waals surface area (Å²) in [4.78, 5) is 16.9. The highest BCUT2D eigenvalue weighted by molar-refractivity contribution is 7.14. The Labute approximate surface area is 172 Å². The molecule has 3 rings (SSSR count). The molecule has 2 aromatic carbocycles. The molecule has 0 aliphatic carbocycles. The zero-order valence-corrected chi connectivity index (χ0v) is 17.2. The molecule has 0 bridgehead atoms. The molecule has 8 heteroatoms. The van der Waals surface area contributed by atoms with Gasteiger partial charge in [-0.15, -0.1) is 11.3 Å². The second kappa shape index (κ2) is 8.95. The molecule has 0 saturated carbocycles. The molecule has 0 aliphatic rings. The summed E-state index contributed by atoms with van der Waals surface area (Å²) in [5, 5.41) is 5.70. The Kier molecular flexibility index (Phi) is 6.38. The lowest BCUT2D eigenvalue weighted by molar-refractivity contribution is -0.115. The van der Waals surface area contributed by atoms with Gasteiger partial charge in [-0.1, -0.05) is 17.7 Å². The van der Waals surface area contributed by atoms with E-state index in [0.717, 1.165) is 16.8 Å². The standard InChI is InChI=1S/C20H19ClN2O4S/c1-25-14-6-4-13(18(10-14)27-3)9-19(24)23-20-22-16(11-28-20)12-5-7-17(26-2)15(21)8-12/h4-8,10-11H,9H2,1-3H3,(H,22,23,24). The number of thiazole rings is 1. The van der Waals surface area contributed by atoms with Crippen molar-refractivity contribution >= 4 is 34.0 Å². The number of hydrogen-bond donors (Lipinski definition) is 1. The van der Waals surface area contributed by atoms with Crippen molar-refractivity contribution in [2.75, 3.05) is 26.6 Å². The molecule has 28 heavy (non-hydrogen) atoms. The van der Waals surface area contributed by atoms with Crippen molar-refractivity contribution < 1.29 is 19.0 Å². The number of nitrogens with zero attached hydrogens (tertiary/aromatic N) is 1. The van der Waals surface area contributed by atoms with E-state index in [9.17, 15) is 4.79 Å². The fourth-order valence-corrected chi connectivity index (χ4v) is 3.62. The summed E-state index contributed by atoms with van der Waals surface area (Å²) in [5.41, 5.74) is 2.34. The highest BCUT2D eigenvalue weighted by atomic mass is 35.5. The number of hydrogen-bond acceptors (Lipinski definition) is 6. The number of carbonyl (C=O) groups is 1. The van der Waals surface area contributed by atoms with Crippen molar-refractivity contribution in [2.24, 2.45) is 0 Å². The van der Waals surface area contributed by atoms with E-state index in [1.807, 2.05) is 17.5 Å². The van der Waals surface area contributed by atoms with Crippen LogP contribution < -0.4 is 19.5 Å². The lowest BCUT2D eigenvalue weighted by Gasteiger charge is -2.10. The number of benzene rings is 2. The number of amides is 1. The second-order valence-electron chi connectivity index (χ2n) is 5.79. The Morgan fingerprint density at radius 3 is 2.54 bits per heavy atom. The minimum Gasteiger partial charge on any atom is -0.497 e. The molecule has 0 saturated heterocycles. The van der Waals surface area contributed by atoms with Gasteiger partial charge in [0.25, 0.3) is 0 Å². The molecule has 6 nitrogen and oxygen atoms in total. The molecule has 0 fully saturated rings. The number of methoxy groups -OCH3 is 3. The maximum Gasteiger partial charge on any atom is 0.230 e. The number of rotatable bonds is 7. The van der Waals surface area contributed by atoms with E-state index in [1.165, 1.54) is 11.3 Å². The summed E-state index contributed by atoms with van der Waals surface area (Å²) in [6, 6.07) is 10.8. The predicted octanol–water partition coefficient (Wildman–Crippen LogP) is 4.67. The molecule has 0 unspecified atom stereocenters. The number of aromatic nitrogens is 1. The van der Waals surface area contributed by atoms with Crippen LogP contribution >= 0.6 is 22.9 Å². The number of carbonyl (C=O) groups excluding carboxylic acids is 1. The third-order valence-electron chi connectivity index (χ3n) is 4.04. The lowest BCUT2D eigenvalue weighted by atomic mass is 10.1. The highest BCUT2D eigenvalue weighted by Gasteiger charge is 2.13. The molecule has 0 atom stereocenters. The summed E-state index contributed by atoms with van der Waals surface area (Å²) < 4.78 is 15.7. The van der Waals surface area contributed by atoms with Gasteiger partial charge in [-0.3, -0.25) is 4.79 Å². The number of ether oxygens (including phenoxy) is 3. The van der Waals surface area contributed by atoms with Crippen LogP contribution in [0.3, 0.4) is 0 Å². The predicted molar refractivity (Wildman–Crippen MR) is 111 cm³/mol. The van der Waals surface area contributed by atoms with Crippen LogP contribution in [0.5, 0.6) is 17.2 Å². The minimum absolute atomic E-state index is 0.163. The van der Waals surface area contributed by atoms with Crippen LogP contribution in [0.2, 0.25) is 5.02 Å². The average molecular weight is 419 g/mol. The van der Waals surface area contributed by atoms with Crippen LogP contribution in [0.25, 0.3) is 11.3 Å². The van der Waals surface area contributed by atoms with Gasteiger partial charge >= 0.3 is 0 Å². The minimum atomic E-state index is -0.183. The molecule has 1 amide bonds. The second-order valence-corrected chi connectivity index (χ2v) is 7.06. The summed E-state index contributed by atoms with van der Waals surface area (Å²) in [5.74, 6) is 1.69. The first-order chi connectivity index (χ1) is 13.5. The van der Waals surface area contributed by atoms with Crippen LogP contribution in [0.15, 0.2) is 41.8 Å². The van der Waals surface area contributed by atoms with Crippen LogP contribution in [0, 0.1) is 0 Å². The van der Waals surface area contributed by atoms with E-state index in [1.54, 1.807) is 45.6 Å². The zero-order chi connectivity index (χ0) is 20.1. The largest absolute Gasteiger partial charge is 0.497 e. The average Bonchev–Trinajstić information content (AvgIpc) is 3.16. The summed E-state index contributed by atoms with van der Waals surface area (Å²) >= 11 is 7.52. The van der Waals surface area contributed by atoms with Crippen LogP contribution in [0.1, 0.15) is 5.56 Å². The monoisotopic (exact) mass is 418 g/mol. The number of halogens is 1. The van der Waals surface area contributed by atoms with E-state index in [2.05, 4.69) is 10.3 Å². The zero-order valence-electron chi connectivity index (χ0n) is 15.6. The maximum absolute atomic E-state index is 12.4. The first-order valence-electron chi connectivity index (χ1n) is 8.34. The van der Waals surface area contributed by atoms with Gasteiger partial charge < -0.3 is 19.5 Å². The van der Waals surface area contributed by atoms with Gasteiger partial charge in [0, 0.05) is 22.6 Å². The van der Waals surface area contributed by atoms with Crippen molar-refractivity contribution in [1.29, 1.82) is 0 Å². The molecule has 1 heterocycles. The molecule has 0 radical (unpaired) electrons. The van der Waals surface area contributed by atoms with Crippen LogP contribution in [-0.2, 0) is 11.2 Å². The Morgan fingerprint density at radius 2 is 1.86 bits per heavy atom. The van der Waals surface area contributed by atoms with Crippen molar-refractivity contribution in [3.63, 3.8) is 0 Å². The van der Waals surface area contributed by atoms with Gasteiger partial charge in [-0.05, 0) is 24.3 Å². The normalized spacial score (nSPS) is 10.4. The maximum atomic E-state index is 12.4. The molecule has 3 aromatic rings. The topological polar surface area (TPSA) is 69.7 Å². The van der Waals surface area contributed by atoms with E-state index < -0.39 is 0 Å². The first kappa shape index (κ1) is 20.0. The number of anilines is 1. The molecule has 1 aromatic heterocycles. The molecular formula is C20H19ClN2O4S. The van der Waals surface area contributed by atoms with Crippen molar-refractivity contribution in [1.82, 2.24) is 4.98 Å². The Morgan fingerprint density at radius 1 is 1.07 bits per heavy atom. The Balaban J connectivity index is 1.70. The van der Waals surface area contributed by atoms with Crippen molar-refractivity contribution in [3.05, 3.63) is 52.4 Å². The van der Waals surface area contributed by atoms with Gasteiger partial charge in [0.1, 0.15) is 17.2 Å². The third kappa shape index (κ3) is 4.55. The van der Waals surface area contributed by atoms with Gasteiger partial charge in [0.05, 0.1) is 38.5 Å². The smallest absolute Gasteiger partial charge is 0.230 e. The highest BCUT2D eigenvalue weighted by Crippen LogP contribution is 2.32.